The van der Waals surface area contributed by atoms with Crippen molar-refractivity contribution in [2.75, 3.05) is 18.2 Å². The number of ether oxygens (including phenoxy) is 1. The lowest BCUT2D eigenvalue weighted by Crippen LogP contribution is -2.12. The molecule has 0 aliphatic carbocycles. The van der Waals surface area contributed by atoms with Crippen LogP contribution in [-0.4, -0.2) is 22.6 Å². The van der Waals surface area contributed by atoms with E-state index < -0.39 is 6.09 Å². The third kappa shape index (κ3) is 1.69. The van der Waals surface area contributed by atoms with Gasteiger partial charge in [0.2, 0.25) is 0 Å². The molecule has 0 fully saturated rings. The summed E-state index contributed by atoms with van der Waals surface area (Å²) in [6.07, 6.45) is 2.72. The highest BCUT2D eigenvalue weighted by molar-refractivity contribution is 5.84. The molecular weight excluding hydrogens is 196 g/mol. The van der Waals surface area contributed by atoms with Gasteiger partial charge in [-0.05, 0) is 6.07 Å². The summed E-state index contributed by atoms with van der Waals surface area (Å²) >= 11 is 0. The standard InChI is InChI=1S/C9H10N4O2/c1-15-9(14)12-8-5-11-7-4-6(10)2-3-13(7)8/h2-5H,10H2,1H3,(H,12,14). The number of aromatic nitrogens is 2. The number of fused-ring (bicyclic) bond motifs is 1. The van der Waals surface area contributed by atoms with Crippen LogP contribution in [0.15, 0.2) is 24.5 Å². The van der Waals surface area contributed by atoms with E-state index in [-0.39, 0.29) is 0 Å². The fraction of sp³-hybridized carbons (Fsp3) is 0.111. The van der Waals surface area contributed by atoms with E-state index >= 15 is 0 Å². The van der Waals surface area contributed by atoms with Gasteiger partial charge in [0.15, 0.2) is 0 Å². The van der Waals surface area contributed by atoms with Crippen molar-refractivity contribution < 1.29 is 9.53 Å². The van der Waals surface area contributed by atoms with Gasteiger partial charge in [0.05, 0.1) is 13.3 Å². The third-order valence-corrected chi connectivity index (χ3v) is 1.95. The fourth-order valence-corrected chi connectivity index (χ4v) is 1.24. The predicted octanol–water partition coefficient (Wildman–Crippen LogP) is 1.09. The molecule has 0 saturated heterocycles. The molecule has 2 rings (SSSR count). The number of nitrogen functional groups attached to an aromatic ring is 1. The van der Waals surface area contributed by atoms with Gasteiger partial charge < -0.3 is 10.5 Å². The Morgan fingerprint density at radius 2 is 2.47 bits per heavy atom. The molecule has 0 saturated carbocycles. The zero-order valence-corrected chi connectivity index (χ0v) is 8.10. The van der Waals surface area contributed by atoms with Crippen LogP contribution >= 0.6 is 0 Å². The SMILES string of the molecule is COC(=O)Nc1cnc2cc(N)ccn12. The van der Waals surface area contributed by atoms with Gasteiger partial charge in [0.1, 0.15) is 11.5 Å². The minimum atomic E-state index is -0.534. The normalized spacial score (nSPS) is 10.2. The Labute approximate surface area is 85.7 Å². The number of methoxy groups -OCH3 is 1. The molecule has 15 heavy (non-hydrogen) atoms. The monoisotopic (exact) mass is 206 g/mol. The maximum Gasteiger partial charge on any atom is 0.412 e. The van der Waals surface area contributed by atoms with Crippen LogP contribution in [0.25, 0.3) is 5.65 Å². The van der Waals surface area contributed by atoms with Crippen LogP contribution in [0.4, 0.5) is 16.3 Å². The maximum absolute atomic E-state index is 11.0. The maximum atomic E-state index is 11.0. The van der Waals surface area contributed by atoms with Gasteiger partial charge in [-0.25, -0.2) is 9.78 Å². The second-order valence-corrected chi connectivity index (χ2v) is 2.95. The molecule has 2 aromatic rings. The summed E-state index contributed by atoms with van der Waals surface area (Å²) in [5.74, 6) is 0.539. The lowest BCUT2D eigenvalue weighted by molar-refractivity contribution is 0.187. The first-order chi connectivity index (χ1) is 7.20. The van der Waals surface area contributed by atoms with Crippen LogP contribution < -0.4 is 11.1 Å². The average molecular weight is 206 g/mol. The van der Waals surface area contributed by atoms with E-state index in [4.69, 9.17) is 5.73 Å². The van der Waals surface area contributed by atoms with Crippen molar-refractivity contribution in [2.45, 2.75) is 0 Å². The second kappa shape index (κ2) is 3.49. The molecule has 0 aromatic carbocycles. The van der Waals surface area contributed by atoms with Crippen molar-refractivity contribution in [3.63, 3.8) is 0 Å². The van der Waals surface area contributed by atoms with Crippen molar-refractivity contribution in [3.8, 4) is 0 Å². The van der Waals surface area contributed by atoms with Gasteiger partial charge in [-0.3, -0.25) is 9.72 Å². The molecule has 1 amide bonds. The summed E-state index contributed by atoms with van der Waals surface area (Å²) < 4.78 is 6.18. The molecule has 0 spiro atoms. The first-order valence-corrected chi connectivity index (χ1v) is 4.28. The molecule has 0 atom stereocenters. The molecule has 0 aliphatic heterocycles. The number of carbonyl (C=O) groups excluding carboxylic acids is 1. The molecule has 3 N–H and O–H groups in total. The molecule has 0 unspecified atom stereocenters. The molecule has 2 aromatic heterocycles. The van der Waals surface area contributed by atoms with Gasteiger partial charge in [-0.2, -0.15) is 0 Å². The number of hydrogen-bond donors (Lipinski definition) is 2. The highest BCUT2D eigenvalue weighted by Crippen LogP contribution is 2.14. The quantitative estimate of drug-likeness (QED) is 0.731. The highest BCUT2D eigenvalue weighted by atomic mass is 16.5. The van der Waals surface area contributed by atoms with Crippen LogP contribution in [0, 0.1) is 0 Å². The van der Waals surface area contributed by atoms with Gasteiger partial charge in [0.25, 0.3) is 0 Å². The molecule has 0 aliphatic rings. The Balaban J connectivity index is 2.41. The van der Waals surface area contributed by atoms with Crippen LogP contribution in [0.2, 0.25) is 0 Å². The van der Waals surface area contributed by atoms with Gasteiger partial charge >= 0.3 is 6.09 Å². The zero-order chi connectivity index (χ0) is 10.8. The smallest absolute Gasteiger partial charge is 0.412 e. The van der Waals surface area contributed by atoms with E-state index in [1.807, 2.05) is 0 Å². The first-order valence-electron chi connectivity index (χ1n) is 4.28. The number of nitrogens with one attached hydrogen (secondary N) is 1. The van der Waals surface area contributed by atoms with E-state index in [1.165, 1.54) is 13.3 Å². The van der Waals surface area contributed by atoms with Crippen LogP contribution in [0.1, 0.15) is 0 Å². The average Bonchev–Trinajstić information content (AvgIpc) is 2.60. The van der Waals surface area contributed by atoms with Crippen molar-refractivity contribution in [3.05, 3.63) is 24.5 Å². The Kier molecular flexibility index (Phi) is 2.17. The number of hydrogen-bond acceptors (Lipinski definition) is 4. The van der Waals surface area contributed by atoms with Crippen molar-refractivity contribution >= 4 is 23.2 Å². The third-order valence-electron chi connectivity index (χ3n) is 1.95. The second-order valence-electron chi connectivity index (χ2n) is 2.95. The van der Waals surface area contributed by atoms with Crippen LogP contribution in [-0.2, 0) is 4.74 Å². The topological polar surface area (TPSA) is 81.6 Å². The van der Waals surface area contributed by atoms with Crippen molar-refractivity contribution in [1.29, 1.82) is 0 Å². The summed E-state index contributed by atoms with van der Waals surface area (Å²) in [5.41, 5.74) is 6.89. The number of nitrogens with two attached hydrogens (primary N) is 1. The Bertz CT molecular complexity index is 506. The number of nitrogens with zero attached hydrogens (tertiary/aromatic N) is 2. The Morgan fingerprint density at radius 1 is 1.67 bits per heavy atom. The highest BCUT2D eigenvalue weighted by Gasteiger charge is 2.06. The van der Waals surface area contributed by atoms with E-state index in [0.29, 0.717) is 17.2 Å². The summed E-state index contributed by atoms with van der Waals surface area (Å²) in [7, 11) is 1.30. The number of carbonyl (C=O) groups is 1. The van der Waals surface area contributed by atoms with E-state index in [9.17, 15) is 4.79 Å². The Hall–Kier alpha value is -2.24. The molecule has 0 bridgehead atoms. The molecule has 78 valence electrons. The lowest BCUT2D eigenvalue weighted by Gasteiger charge is -2.02. The first kappa shape index (κ1) is 9.32. The van der Waals surface area contributed by atoms with Gasteiger partial charge in [0, 0.05) is 18.0 Å². The molecule has 2 heterocycles. The number of rotatable bonds is 1. The van der Waals surface area contributed by atoms with Gasteiger partial charge in [-0.1, -0.05) is 0 Å². The Morgan fingerprint density at radius 3 is 3.20 bits per heavy atom. The molecular formula is C9H10N4O2. The summed E-state index contributed by atoms with van der Waals surface area (Å²) in [5, 5.41) is 2.53. The summed E-state index contributed by atoms with van der Waals surface area (Å²) in [6, 6.07) is 3.43. The minimum absolute atomic E-state index is 0.534. The minimum Gasteiger partial charge on any atom is -0.453 e. The number of pyridine rings is 1. The summed E-state index contributed by atoms with van der Waals surface area (Å²) in [4.78, 5) is 15.1. The fourth-order valence-electron chi connectivity index (χ4n) is 1.24. The molecule has 6 heteroatoms. The van der Waals surface area contributed by atoms with Crippen LogP contribution in [0.5, 0.6) is 0 Å². The largest absolute Gasteiger partial charge is 0.453 e. The number of anilines is 2. The van der Waals surface area contributed by atoms with E-state index in [1.54, 1.807) is 22.7 Å². The summed E-state index contributed by atoms with van der Waals surface area (Å²) in [6.45, 7) is 0. The van der Waals surface area contributed by atoms with Crippen molar-refractivity contribution in [1.82, 2.24) is 9.38 Å². The molecule has 0 radical (unpaired) electrons. The van der Waals surface area contributed by atoms with E-state index in [0.717, 1.165) is 0 Å². The number of amides is 1. The van der Waals surface area contributed by atoms with Crippen molar-refractivity contribution in [2.24, 2.45) is 0 Å². The van der Waals surface area contributed by atoms with Crippen LogP contribution in [0.3, 0.4) is 0 Å². The number of imidazole rings is 1. The lowest BCUT2D eigenvalue weighted by atomic mass is 10.4. The zero-order valence-electron chi connectivity index (χ0n) is 8.10. The molecule has 6 nitrogen and oxygen atoms in total. The predicted molar refractivity (Wildman–Crippen MR) is 55.6 cm³/mol. The van der Waals surface area contributed by atoms with Gasteiger partial charge in [-0.15, -0.1) is 0 Å². The van der Waals surface area contributed by atoms with E-state index in [2.05, 4.69) is 15.0 Å².